The van der Waals surface area contributed by atoms with Crippen molar-refractivity contribution < 1.29 is 19.1 Å². The molecule has 0 fully saturated rings. The third kappa shape index (κ3) is 2.93. The molecule has 1 N–H and O–H groups in total. The van der Waals surface area contributed by atoms with Crippen LogP contribution in [0.4, 0.5) is 5.69 Å². The molecule has 5 nitrogen and oxygen atoms in total. The molecule has 0 atom stereocenters. The Hall–Kier alpha value is -2.82. The zero-order chi connectivity index (χ0) is 15.5. The van der Waals surface area contributed by atoms with Gasteiger partial charge < -0.3 is 14.8 Å². The first-order valence-corrected chi connectivity index (χ1v) is 6.92. The maximum absolute atomic E-state index is 12.2. The molecule has 3 rings (SSSR count). The minimum Gasteiger partial charge on any atom is -0.454 e. The smallest absolute Gasteiger partial charge is 0.231 e. The lowest BCUT2D eigenvalue weighted by Crippen LogP contribution is -2.16. The van der Waals surface area contributed by atoms with Crippen molar-refractivity contribution in [3.8, 4) is 11.5 Å². The number of benzene rings is 2. The minimum absolute atomic E-state index is 0.119. The Morgan fingerprint density at radius 3 is 2.45 bits per heavy atom. The first-order chi connectivity index (χ1) is 10.6. The number of carbonyl (C=O) groups is 2. The number of amides is 1. The third-order valence-electron chi connectivity index (χ3n) is 3.37. The number of anilines is 1. The average Bonchev–Trinajstić information content (AvgIpc) is 2.94. The van der Waals surface area contributed by atoms with Crippen LogP contribution in [0.2, 0.25) is 0 Å². The molecule has 1 amide bonds. The van der Waals surface area contributed by atoms with Gasteiger partial charge in [-0.1, -0.05) is 30.3 Å². The number of hydrogen-bond donors (Lipinski definition) is 1. The van der Waals surface area contributed by atoms with E-state index in [1.807, 2.05) is 30.3 Å². The number of nitrogens with one attached hydrogen (secondary N) is 1. The van der Waals surface area contributed by atoms with E-state index in [4.69, 9.17) is 9.47 Å². The Balaban J connectivity index is 1.82. The highest BCUT2D eigenvalue weighted by atomic mass is 16.7. The molecule has 0 spiro atoms. The molecule has 0 aliphatic carbocycles. The van der Waals surface area contributed by atoms with Crippen LogP contribution in [0.3, 0.4) is 0 Å². The number of hydrogen-bond acceptors (Lipinski definition) is 4. The van der Waals surface area contributed by atoms with Crippen molar-refractivity contribution in [2.75, 3.05) is 12.1 Å². The number of fused-ring (bicyclic) bond motifs is 1. The summed E-state index contributed by atoms with van der Waals surface area (Å²) in [4.78, 5) is 23.9. The summed E-state index contributed by atoms with van der Waals surface area (Å²) in [5, 5.41) is 2.77. The predicted molar refractivity (Wildman–Crippen MR) is 81.3 cm³/mol. The fourth-order valence-electron chi connectivity index (χ4n) is 2.31. The number of Topliss-reactive ketones (excluding diaryl/α,β-unsaturated/α-hetero) is 1. The molecule has 0 radical (unpaired) electrons. The van der Waals surface area contributed by atoms with E-state index in [-0.39, 0.29) is 24.9 Å². The fraction of sp³-hybridized carbons (Fsp3) is 0.176. The number of ether oxygens (including phenoxy) is 2. The van der Waals surface area contributed by atoms with Crippen LogP contribution in [-0.4, -0.2) is 18.5 Å². The molecule has 0 saturated carbocycles. The highest BCUT2D eigenvalue weighted by molar-refractivity contribution is 6.04. The van der Waals surface area contributed by atoms with Crippen LogP contribution in [-0.2, 0) is 11.2 Å². The van der Waals surface area contributed by atoms with Gasteiger partial charge >= 0.3 is 0 Å². The van der Waals surface area contributed by atoms with Crippen molar-refractivity contribution in [2.45, 2.75) is 13.3 Å². The monoisotopic (exact) mass is 297 g/mol. The number of rotatable bonds is 4. The zero-order valence-electron chi connectivity index (χ0n) is 12.1. The lowest BCUT2D eigenvalue weighted by Gasteiger charge is -2.10. The van der Waals surface area contributed by atoms with Crippen LogP contribution < -0.4 is 14.8 Å². The van der Waals surface area contributed by atoms with Crippen LogP contribution in [0.15, 0.2) is 42.5 Å². The predicted octanol–water partition coefficient (Wildman–Crippen LogP) is 2.80. The van der Waals surface area contributed by atoms with E-state index < -0.39 is 0 Å². The molecule has 2 aromatic carbocycles. The lowest BCUT2D eigenvalue weighted by atomic mass is 10.1. The van der Waals surface area contributed by atoms with Crippen molar-refractivity contribution >= 4 is 17.4 Å². The van der Waals surface area contributed by atoms with Crippen molar-refractivity contribution in [3.05, 3.63) is 53.6 Å². The molecule has 5 heteroatoms. The normalized spacial score (nSPS) is 12.0. The second kappa shape index (κ2) is 5.89. The van der Waals surface area contributed by atoms with Gasteiger partial charge in [0, 0.05) is 11.6 Å². The molecular formula is C17H15NO4. The highest BCUT2D eigenvalue weighted by Gasteiger charge is 2.20. The molecule has 1 aliphatic rings. The molecule has 2 aromatic rings. The van der Waals surface area contributed by atoms with Gasteiger partial charge in [-0.25, -0.2) is 0 Å². The van der Waals surface area contributed by atoms with Crippen LogP contribution >= 0.6 is 0 Å². The van der Waals surface area contributed by atoms with Crippen molar-refractivity contribution in [3.63, 3.8) is 0 Å². The summed E-state index contributed by atoms with van der Waals surface area (Å²) in [6.07, 6.45) is 0.243. The Morgan fingerprint density at radius 2 is 1.77 bits per heavy atom. The summed E-state index contributed by atoms with van der Waals surface area (Å²) in [5.74, 6) is 0.715. The van der Waals surface area contributed by atoms with E-state index in [0.29, 0.717) is 22.7 Å². The summed E-state index contributed by atoms with van der Waals surface area (Å²) in [7, 11) is 0. The summed E-state index contributed by atoms with van der Waals surface area (Å²) >= 11 is 0. The maximum Gasteiger partial charge on any atom is 0.231 e. The molecule has 1 heterocycles. The third-order valence-corrected chi connectivity index (χ3v) is 3.37. The standard InChI is InChI=1S/C17H15NO4/c1-11(19)13-8-15-16(22-10-21-15)9-14(13)18-17(20)7-12-5-3-2-4-6-12/h2-6,8-9H,7,10H2,1H3,(H,18,20). The highest BCUT2D eigenvalue weighted by Crippen LogP contribution is 2.37. The van der Waals surface area contributed by atoms with Gasteiger partial charge in [0.1, 0.15) is 0 Å². The zero-order valence-corrected chi connectivity index (χ0v) is 12.1. The van der Waals surface area contributed by atoms with Gasteiger partial charge in [-0.3, -0.25) is 9.59 Å². The van der Waals surface area contributed by atoms with Crippen LogP contribution in [0, 0.1) is 0 Å². The quantitative estimate of drug-likeness (QED) is 0.881. The summed E-state index contributed by atoms with van der Waals surface area (Å²) in [5.41, 5.74) is 1.76. The van der Waals surface area contributed by atoms with E-state index in [2.05, 4.69) is 5.32 Å². The molecule has 22 heavy (non-hydrogen) atoms. The van der Waals surface area contributed by atoms with Gasteiger partial charge in [-0.2, -0.15) is 0 Å². The second-order valence-electron chi connectivity index (χ2n) is 5.02. The van der Waals surface area contributed by atoms with Gasteiger partial charge in [0.25, 0.3) is 0 Å². The van der Waals surface area contributed by atoms with Gasteiger partial charge in [-0.05, 0) is 18.6 Å². The van der Waals surface area contributed by atoms with Crippen molar-refractivity contribution in [2.24, 2.45) is 0 Å². The molecule has 0 saturated heterocycles. The van der Waals surface area contributed by atoms with Crippen LogP contribution in [0.25, 0.3) is 0 Å². The Morgan fingerprint density at radius 1 is 1.09 bits per heavy atom. The summed E-state index contributed by atoms with van der Waals surface area (Å²) < 4.78 is 10.5. The molecular weight excluding hydrogens is 282 g/mol. The largest absolute Gasteiger partial charge is 0.454 e. The van der Waals surface area contributed by atoms with Crippen LogP contribution in [0.1, 0.15) is 22.8 Å². The van der Waals surface area contributed by atoms with E-state index >= 15 is 0 Å². The summed E-state index contributed by atoms with van der Waals surface area (Å²) in [6, 6.07) is 12.6. The minimum atomic E-state index is -0.187. The molecule has 112 valence electrons. The van der Waals surface area contributed by atoms with Gasteiger partial charge in [-0.15, -0.1) is 0 Å². The second-order valence-corrected chi connectivity index (χ2v) is 5.02. The van der Waals surface area contributed by atoms with Crippen molar-refractivity contribution in [1.29, 1.82) is 0 Å². The van der Waals surface area contributed by atoms with Gasteiger partial charge in [0.05, 0.1) is 12.1 Å². The van der Waals surface area contributed by atoms with E-state index in [9.17, 15) is 9.59 Å². The number of ketones is 1. The SMILES string of the molecule is CC(=O)c1cc2c(cc1NC(=O)Cc1ccccc1)OCO2. The molecule has 0 aromatic heterocycles. The van der Waals surface area contributed by atoms with Crippen molar-refractivity contribution in [1.82, 2.24) is 0 Å². The topological polar surface area (TPSA) is 64.6 Å². The van der Waals surface area contributed by atoms with Gasteiger partial charge in [0.15, 0.2) is 17.3 Å². The first kappa shape index (κ1) is 14.1. The Kier molecular flexibility index (Phi) is 3.78. The van der Waals surface area contributed by atoms with E-state index in [1.165, 1.54) is 6.92 Å². The lowest BCUT2D eigenvalue weighted by molar-refractivity contribution is -0.115. The molecule has 1 aliphatic heterocycles. The van der Waals surface area contributed by atoms with Crippen LogP contribution in [0.5, 0.6) is 11.5 Å². The van der Waals surface area contributed by atoms with E-state index in [1.54, 1.807) is 12.1 Å². The molecule has 0 bridgehead atoms. The van der Waals surface area contributed by atoms with Gasteiger partial charge in [0.2, 0.25) is 12.7 Å². The average molecular weight is 297 g/mol. The number of carbonyl (C=O) groups excluding carboxylic acids is 2. The first-order valence-electron chi connectivity index (χ1n) is 6.92. The Bertz CT molecular complexity index is 725. The van der Waals surface area contributed by atoms with E-state index in [0.717, 1.165) is 5.56 Å². The fourth-order valence-corrected chi connectivity index (χ4v) is 2.31. The summed E-state index contributed by atoms with van der Waals surface area (Å²) in [6.45, 7) is 1.57. The maximum atomic E-state index is 12.2. The molecule has 0 unspecified atom stereocenters. The Labute approximate surface area is 127 Å².